The Morgan fingerprint density at radius 3 is 2.21 bits per heavy atom. The van der Waals surface area contributed by atoms with Gasteiger partial charge in [0.25, 0.3) is 5.91 Å². The van der Waals surface area contributed by atoms with Gasteiger partial charge in [-0.15, -0.1) is 0 Å². The molecule has 0 spiro atoms. The molecular weight excluding hydrogens is 500 g/mol. The van der Waals surface area contributed by atoms with E-state index >= 15 is 0 Å². The highest BCUT2D eigenvalue weighted by Crippen LogP contribution is 2.65. The maximum absolute atomic E-state index is 14.1. The van der Waals surface area contributed by atoms with Gasteiger partial charge in [0.2, 0.25) is 17.6 Å². The van der Waals surface area contributed by atoms with Gasteiger partial charge in [-0.2, -0.15) is 0 Å². The highest BCUT2D eigenvalue weighted by molar-refractivity contribution is 6.37. The van der Waals surface area contributed by atoms with Crippen molar-refractivity contribution in [1.29, 1.82) is 0 Å². The van der Waals surface area contributed by atoms with Crippen LogP contribution in [0.5, 0.6) is 0 Å². The lowest BCUT2D eigenvalue weighted by atomic mass is 9.83. The van der Waals surface area contributed by atoms with E-state index < -0.39 is 47.4 Å². The number of ketones is 1. The number of nitrogens with two attached hydrogens (primary N) is 1. The summed E-state index contributed by atoms with van der Waals surface area (Å²) in [4.78, 5) is 66.6. The summed E-state index contributed by atoms with van der Waals surface area (Å²) >= 11 is 0. The minimum atomic E-state index is -1.07. The highest BCUT2D eigenvalue weighted by Gasteiger charge is 2.69. The molecule has 1 aliphatic heterocycles. The third kappa shape index (κ3) is 6.74. The fraction of sp³-hybridized carbons (Fsp3) is 0.828. The Labute approximate surface area is 231 Å². The normalized spacial score (nSPS) is 27.6. The van der Waals surface area contributed by atoms with Gasteiger partial charge in [0.15, 0.2) is 0 Å². The number of fused-ring (bicyclic) bond motifs is 1. The molecule has 4 aliphatic rings. The van der Waals surface area contributed by atoms with Gasteiger partial charge in [-0.25, -0.2) is 4.79 Å². The molecule has 3 aliphatic carbocycles. The van der Waals surface area contributed by atoms with Gasteiger partial charge in [0.05, 0.1) is 6.04 Å². The number of hydrogen-bond acceptors (Lipinski definition) is 6. The molecule has 218 valence electrons. The Morgan fingerprint density at radius 2 is 1.64 bits per heavy atom. The van der Waals surface area contributed by atoms with Gasteiger partial charge in [-0.05, 0) is 75.5 Å². The van der Waals surface area contributed by atoms with Crippen LogP contribution in [0.4, 0.5) is 4.79 Å². The van der Waals surface area contributed by atoms with Gasteiger partial charge in [0.1, 0.15) is 17.7 Å². The first kappa shape index (κ1) is 29.3. The van der Waals surface area contributed by atoms with E-state index in [0.717, 1.165) is 51.4 Å². The van der Waals surface area contributed by atoms with Gasteiger partial charge in [-0.3, -0.25) is 19.2 Å². The van der Waals surface area contributed by atoms with Crippen molar-refractivity contribution < 1.29 is 28.7 Å². The Kier molecular flexibility index (Phi) is 8.34. The van der Waals surface area contributed by atoms with Crippen molar-refractivity contribution in [2.75, 3.05) is 6.54 Å². The zero-order valence-electron chi connectivity index (χ0n) is 24.1. The quantitative estimate of drug-likeness (QED) is 0.359. The van der Waals surface area contributed by atoms with Crippen molar-refractivity contribution in [3.05, 3.63) is 0 Å². The zero-order chi connectivity index (χ0) is 28.7. The summed E-state index contributed by atoms with van der Waals surface area (Å²) in [5.41, 5.74) is 4.45. The van der Waals surface area contributed by atoms with Crippen molar-refractivity contribution in [1.82, 2.24) is 15.5 Å². The summed E-state index contributed by atoms with van der Waals surface area (Å²) in [5, 5.41) is 5.64. The third-order valence-corrected chi connectivity index (χ3v) is 9.26. The molecule has 0 bridgehead atoms. The number of carbonyl (C=O) groups is 5. The minimum absolute atomic E-state index is 0.0462. The highest BCUT2D eigenvalue weighted by atomic mass is 16.6. The second-order valence-electron chi connectivity index (χ2n) is 13.7. The number of primary amides is 1. The molecule has 5 atom stereocenters. The molecule has 4 rings (SSSR count). The Bertz CT molecular complexity index is 994. The molecule has 39 heavy (non-hydrogen) atoms. The number of alkyl carbamates (subject to hydrolysis) is 1. The summed E-state index contributed by atoms with van der Waals surface area (Å²) in [6, 6.07) is -2.58. The standard InChI is InChI=1S/C29H46N4O6/c1-28(2,3)39-27(38)32-21(17-9-7-6-8-10-17)26(37)33-15-18-20(29(18,4)5)22(33)25(36)31-19(23(34)24(30)35)14-13-16-11-12-16/h16-22H,6-15H2,1-5H3,(H2,30,35)(H,31,36)(H,32,38). The van der Waals surface area contributed by atoms with Gasteiger partial charge in [-0.1, -0.05) is 46.0 Å². The molecule has 4 N–H and O–H groups in total. The number of ether oxygens (including phenoxy) is 1. The lowest BCUT2D eigenvalue weighted by molar-refractivity contribution is -0.144. The average molecular weight is 547 g/mol. The molecule has 10 nitrogen and oxygen atoms in total. The summed E-state index contributed by atoms with van der Waals surface area (Å²) < 4.78 is 5.48. The van der Waals surface area contributed by atoms with E-state index in [1.54, 1.807) is 25.7 Å². The van der Waals surface area contributed by atoms with Gasteiger partial charge in [0, 0.05) is 6.54 Å². The molecule has 1 saturated heterocycles. The Morgan fingerprint density at radius 1 is 1.00 bits per heavy atom. The van der Waals surface area contributed by atoms with E-state index in [9.17, 15) is 24.0 Å². The number of amides is 4. The molecule has 0 aromatic heterocycles. The maximum atomic E-state index is 14.1. The smallest absolute Gasteiger partial charge is 0.408 e. The van der Waals surface area contributed by atoms with Crippen molar-refractivity contribution in [3.8, 4) is 0 Å². The van der Waals surface area contributed by atoms with Crippen LogP contribution in [0.2, 0.25) is 0 Å². The number of hydrogen-bond donors (Lipinski definition) is 3. The van der Waals surface area contributed by atoms with Crippen molar-refractivity contribution >= 4 is 29.6 Å². The van der Waals surface area contributed by atoms with E-state index in [4.69, 9.17) is 10.5 Å². The number of carbonyl (C=O) groups excluding carboxylic acids is 5. The topological polar surface area (TPSA) is 148 Å². The van der Waals surface area contributed by atoms with E-state index in [2.05, 4.69) is 24.5 Å². The van der Waals surface area contributed by atoms with Gasteiger partial charge < -0.3 is 26.0 Å². The molecule has 4 amide bonds. The second-order valence-corrected chi connectivity index (χ2v) is 13.7. The average Bonchev–Trinajstić information content (AvgIpc) is 3.71. The Balaban J connectivity index is 1.54. The van der Waals surface area contributed by atoms with Crippen LogP contribution >= 0.6 is 0 Å². The number of piperidine rings is 1. The second kappa shape index (κ2) is 11.1. The van der Waals surface area contributed by atoms with Crippen LogP contribution in [0.15, 0.2) is 0 Å². The first-order valence-electron chi connectivity index (χ1n) is 14.6. The molecule has 0 aromatic rings. The summed E-state index contributed by atoms with van der Waals surface area (Å²) in [5.74, 6) is -2.06. The Hall–Kier alpha value is -2.65. The minimum Gasteiger partial charge on any atom is -0.444 e. The van der Waals surface area contributed by atoms with Crippen LogP contribution in [-0.2, 0) is 23.9 Å². The van der Waals surface area contributed by atoms with Gasteiger partial charge >= 0.3 is 6.09 Å². The van der Waals surface area contributed by atoms with Crippen LogP contribution < -0.4 is 16.4 Å². The lowest BCUT2D eigenvalue weighted by Gasteiger charge is -2.37. The summed E-state index contributed by atoms with van der Waals surface area (Å²) in [6.07, 6.45) is 7.27. The van der Waals surface area contributed by atoms with Crippen molar-refractivity contribution in [2.45, 2.75) is 116 Å². The molecule has 0 aromatic carbocycles. The molecule has 4 fully saturated rings. The van der Waals surface area contributed by atoms with E-state index in [0.29, 0.717) is 18.9 Å². The fourth-order valence-corrected chi connectivity index (χ4v) is 6.78. The number of likely N-dealkylation sites (tertiary alicyclic amines) is 1. The fourth-order valence-electron chi connectivity index (χ4n) is 6.78. The SMILES string of the molecule is CC(C)(C)OC(=O)NC(C(=O)N1CC2C(C1C(=O)NC(CCC1CC1)C(=O)C(N)=O)C2(C)C)C1CCCCC1. The van der Waals surface area contributed by atoms with Crippen LogP contribution in [0.25, 0.3) is 0 Å². The first-order valence-corrected chi connectivity index (χ1v) is 14.6. The zero-order valence-corrected chi connectivity index (χ0v) is 24.1. The largest absolute Gasteiger partial charge is 0.444 e. The van der Waals surface area contributed by atoms with Crippen LogP contribution in [0, 0.1) is 29.1 Å². The van der Waals surface area contributed by atoms with Crippen LogP contribution in [-0.4, -0.2) is 64.8 Å². The first-order chi connectivity index (χ1) is 18.2. The maximum Gasteiger partial charge on any atom is 0.408 e. The number of nitrogens with one attached hydrogen (secondary N) is 2. The molecule has 5 unspecified atom stereocenters. The van der Waals surface area contributed by atoms with Crippen LogP contribution in [0.1, 0.15) is 92.4 Å². The summed E-state index contributed by atoms with van der Waals surface area (Å²) in [6.45, 7) is 9.89. The molecular formula is C29H46N4O6. The van der Waals surface area contributed by atoms with E-state index in [1.807, 2.05) is 0 Å². The molecule has 10 heteroatoms. The van der Waals surface area contributed by atoms with E-state index in [1.165, 1.54) is 0 Å². The summed E-state index contributed by atoms with van der Waals surface area (Å²) in [7, 11) is 0. The monoisotopic (exact) mass is 546 g/mol. The number of rotatable bonds is 10. The molecule has 0 radical (unpaired) electrons. The van der Waals surface area contributed by atoms with Crippen molar-refractivity contribution in [2.24, 2.45) is 34.8 Å². The number of nitrogens with zero attached hydrogens (tertiary/aromatic N) is 1. The predicted molar refractivity (Wildman–Crippen MR) is 144 cm³/mol. The van der Waals surface area contributed by atoms with Crippen molar-refractivity contribution in [3.63, 3.8) is 0 Å². The number of Topliss-reactive ketones (excluding diaryl/α,β-unsaturated/α-hetero) is 1. The third-order valence-electron chi connectivity index (χ3n) is 9.26. The van der Waals surface area contributed by atoms with E-state index in [-0.39, 0.29) is 29.1 Å². The molecule has 1 heterocycles. The molecule has 3 saturated carbocycles. The van der Waals surface area contributed by atoms with Crippen LogP contribution in [0.3, 0.4) is 0 Å². The lowest BCUT2D eigenvalue weighted by Crippen LogP contribution is -2.59. The predicted octanol–water partition coefficient (Wildman–Crippen LogP) is 2.67.